The monoisotopic (exact) mass is 348 g/mol. The number of carbonyl (C=O) groups is 2. The van der Waals surface area contributed by atoms with Crippen LogP contribution in [0, 0.1) is 5.41 Å². The third-order valence-electron chi connectivity index (χ3n) is 3.71. The van der Waals surface area contributed by atoms with Crippen LogP contribution in [0.15, 0.2) is 12.1 Å². The van der Waals surface area contributed by atoms with Crippen molar-refractivity contribution in [3.8, 4) is 5.75 Å². The van der Waals surface area contributed by atoms with Gasteiger partial charge in [0, 0.05) is 6.07 Å². The average Bonchev–Trinajstić information content (AvgIpc) is 2.91. The van der Waals surface area contributed by atoms with E-state index in [1.54, 1.807) is 13.0 Å². The number of nitrogens with one attached hydrogen (secondary N) is 2. The number of halogens is 3. The van der Waals surface area contributed by atoms with Gasteiger partial charge in [-0.05, 0) is 19.4 Å². The molecule has 8 heteroatoms. The molecule has 1 aromatic rings. The van der Waals surface area contributed by atoms with Crippen molar-refractivity contribution >= 4 is 58.0 Å². The summed E-state index contributed by atoms with van der Waals surface area (Å²) in [7, 11) is 0. The molecular weight excluding hydrogens is 339 g/mol. The minimum absolute atomic E-state index is 0.0772. The lowest BCUT2D eigenvalue weighted by Gasteiger charge is -2.20. The Morgan fingerprint density at radius 1 is 1.43 bits per heavy atom. The van der Waals surface area contributed by atoms with Crippen molar-refractivity contribution in [3.05, 3.63) is 17.2 Å². The van der Waals surface area contributed by atoms with Crippen LogP contribution in [0.1, 0.15) is 13.3 Å². The van der Waals surface area contributed by atoms with Crippen molar-refractivity contribution in [2.24, 2.45) is 5.41 Å². The van der Waals surface area contributed by atoms with Gasteiger partial charge in [-0.3, -0.25) is 9.59 Å². The molecule has 2 aliphatic rings. The quantitative estimate of drug-likeness (QED) is 0.806. The Balaban J connectivity index is 1.84. The van der Waals surface area contributed by atoms with Gasteiger partial charge >= 0.3 is 0 Å². The van der Waals surface area contributed by atoms with Crippen LogP contribution in [0.3, 0.4) is 0 Å². The van der Waals surface area contributed by atoms with E-state index in [4.69, 9.17) is 39.5 Å². The summed E-state index contributed by atoms with van der Waals surface area (Å²) in [4.78, 5) is 23.5. The molecule has 21 heavy (non-hydrogen) atoms. The lowest BCUT2D eigenvalue weighted by Crippen LogP contribution is -2.27. The molecule has 3 rings (SSSR count). The van der Waals surface area contributed by atoms with Crippen LogP contribution >= 0.6 is 34.8 Å². The summed E-state index contributed by atoms with van der Waals surface area (Å²) in [5.41, 5.74) is 0.00877. The van der Waals surface area contributed by atoms with E-state index in [9.17, 15) is 9.59 Å². The van der Waals surface area contributed by atoms with Gasteiger partial charge in [-0.1, -0.05) is 11.6 Å². The fraction of sp³-hybridized carbons (Fsp3) is 0.385. The second-order valence-corrected chi connectivity index (χ2v) is 7.22. The Labute approximate surface area is 135 Å². The maximum Gasteiger partial charge on any atom is 0.262 e. The average molecular weight is 350 g/mol. The molecule has 1 aliphatic carbocycles. The highest BCUT2D eigenvalue weighted by atomic mass is 35.5. The molecular formula is C13H11Cl3N2O3. The van der Waals surface area contributed by atoms with Gasteiger partial charge in [0.05, 0.1) is 21.8 Å². The van der Waals surface area contributed by atoms with Crippen molar-refractivity contribution in [3.63, 3.8) is 0 Å². The van der Waals surface area contributed by atoms with Crippen LogP contribution in [0.4, 0.5) is 11.4 Å². The number of alkyl halides is 2. The molecule has 0 spiro atoms. The number of anilines is 2. The van der Waals surface area contributed by atoms with Crippen LogP contribution in [-0.2, 0) is 9.59 Å². The van der Waals surface area contributed by atoms with Gasteiger partial charge in [0.15, 0.2) is 6.61 Å². The van der Waals surface area contributed by atoms with E-state index in [2.05, 4.69) is 10.6 Å². The molecule has 1 saturated carbocycles. The molecule has 2 N–H and O–H groups in total. The molecule has 0 aromatic heterocycles. The zero-order valence-corrected chi connectivity index (χ0v) is 13.2. The zero-order valence-electron chi connectivity index (χ0n) is 10.9. The predicted octanol–water partition coefficient (Wildman–Crippen LogP) is 3.19. The molecule has 112 valence electrons. The second-order valence-electron chi connectivity index (χ2n) is 5.33. The second kappa shape index (κ2) is 4.66. The van der Waals surface area contributed by atoms with Crippen LogP contribution in [0.2, 0.25) is 5.02 Å². The van der Waals surface area contributed by atoms with E-state index in [-0.39, 0.29) is 23.4 Å². The third kappa shape index (κ3) is 2.43. The lowest BCUT2D eigenvalue weighted by molar-refractivity contribution is -0.120. The van der Waals surface area contributed by atoms with E-state index in [1.165, 1.54) is 6.07 Å². The summed E-state index contributed by atoms with van der Waals surface area (Å²) in [5, 5.41) is 5.61. The molecule has 1 heterocycles. The molecule has 1 aromatic carbocycles. The van der Waals surface area contributed by atoms with Crippen LogP contribution in [0.5, 0.6) is 5.75 Å². The molecule has 0 bridgehead atoms. The number of rotatable bonds is 2. The van der Waals surface area contributed by atoms with E-state index in [0.717, 1.165) is 0 Å². The Morgan fingerprint density at radius 2 is 2.10 bits per heavy atom. The van der Waals surface area contributed by atoms with E-state index in [0.29, 0.717) is 23.5 Å². The molecule has 0 saturated heterocycles. The molecule has 1 unspecified atom stereocenters. The standard InChI is InChI=1S/C13H11Cl3N2O3/c1-12(5-13(12,15)16)11(20)18-7-3-9-8(2-6(7)14)17-10(19)4-21-9/h2-3H,4-5H2,1H3,(H,17,19)(H,18,20). The molecule has 0 radical (unpaired) electrons. The predicted molar refractivity (Wildman–Crippen MR) is 81.4 cm³/mol. The Hall–Kier alpha value is -1.17. The SMILES string of the molecule is CC1(C(=O)Nc2cc3c(cc2Cl)NC(=O)CO3)CC1(Cl)Cl. The van der Waals surface area contributed by atoms with Crippen molar-refractivity contribution < 1.29 is 14.3 Å². The van der Waals surface area contributed by atoms with Gasteiger partial charge in [0.1, 0.15) is 10.1 Å². The minimum Gasteiger partial charge on any atom is -0.482 e. The summed E-state index contributed by atoms with van der Waals surface area (Å²) in [6.07, 6.45) is 0.379. The highest BCUT2D eigenvalue weighted by Crippen LogP contribution is 2.64. The molecule has 5 nitrogen and oxygen atoms in total. The van der Waals surface area contributed by atoms with Gasteiger partial charge in [0.2, 0.25) is 5.91 Å². The van der Waals surface area contributed by atoms with Gasteiger partial charge in [-0.25, -0.2) is 0 Å². The molecule has 1 fully saturated rings. The first-order chi connectivity index (χ1) is 9.73. The molecule has 1 atom stereocenters. The van der Waals surface area contributed by atoms with Gasteiger partial charge in [-0.15, -0.1) is 23.2 Å². The largest absolute Gasteiger partial charge is 0.482 e. The highest BCUT2D eigenvalue weighted by molar-refractivity contribution is 6.53. The van der Waals surface area contributed by atoms with Crippen LogP contribution < -0.4 is 15.4 Å². The van der Waals surface area contributed by atoms with Crippen molar-refractivity contribution in [1.29, 1.82) is 0 Å². The number of carbonyl (C=O) groups excluding carboxylic acids is 2. The zero-order chi connectivity index (χ0) is 15.4. The first kappa shape index (κ1) is 14.8. The first-order valence-corrected chi connectivity index (χ1v) is 7.32. The number of amides is 2. The van der Waals surface area contributed by atoms with E-state index in [1.807, 2.05) is 0 Å². The van der Waals surface area contributed by atoms with Gasteiger partial charge in [-0.2, -0.15) is 0 Å². The molecule has 1 aliphatic heterocycles. The lowest BCUT2D eigenvalue weighted by atomic mass is 10.1. The maximum atomic E-state index is 12.2. The van der Waals surface area contributed by atoms with E-state index < -0.39 is 9.75 Å². The van der Waals surface area contributed by atoms with Crippen molar-refractivity contribution in [2.75, 3.05) is 17.2 Å². The van der Waals surface area contributed by atoms with Crippen LogP contribution in [0.25, 0.3) is 0 Å². The number of benzene rings is 1. The summed E-state index contributed by atoms with van der Waals surface area (Å²) in [6.45, 7) is 1.61. The highest BCUT2D eigenvalue weighted by Gasteiger charge is 2.67. The Morgan fingerprint density at radius 3 is 2.71 bits per heavy atom. The number of ether oxygens (including phenoxy) is 1. The minimum atomic E-state index is -1.05. The van der Waals surface area contributed by atoms with Crippen molar-refractivity contribution in [2.45, 2.75) is 17.7 Å². The summed E-state index contributed by atoms with van der Waals surface area (Å²) in [6, 6.07) is 3.08. The summed E-state index contributed by atoms with van der Waals surface area (Å²) < 4.78 is 4.23. The first-order valence-electron chi connectivity index (χ1n) is 6.18. The Bertz CT molecular complexity index is 662. The van der Waals surface area contributed by atoms with Crippen LogP contribution in [-0.4, -0.2) is 22.8 Å². The fourth-order valence-corrected chi connectivity index (χ4v) is 3.02. The summed E-state index contributed by atoms with van der Waals surface area (Å²) >= 11 is 18.1. The number of fused-ring (bicyclic) bond motifs is 1. The van der Waals surface area contributed by atoms with Crippen molar-refractivity contribution in [1.82, 2.24) is 0 Å². The molecule has 2 amide bonds. The topological polar surface area (TPSA) is 67.4 Å². The smallest absolute Gasteiger partial charge is 0.262 e. The third-order valence-corrected chi connectivity index (χ3v) is 5.12. The number of hydrogen-bond acceptors (Lipinski definition) is 3. The van der Waals surface area contributed by atoms with E-state index >= 15 is 0 Å². The number of hydrogen-bond donors (Lipinski definition) is 2. The Kier molecular flexibility index (Phi) is 3.28. The normalized spacial score (nSPS) is 25.4. The maximum absolute atomic E-state index is 12.2. The summed E-state index contributed by atoms with van der Waals surface area (Å²) in [5.74, 6) is -0.123. The van der Waals surface area contributed by atoms with Gasteiger partial charge < -0.3 is 15.4 Å². The fourth-order valence-electron chi connectivity index (χ4n) is 2.10. The van der Waals surface area contributed by atoms with Gasteiger partial charge in [0.25, 0.3) is 5.91 Å².